The Labute approximate surface area is 163 Å². The van der Waals surface area contributed by atoms with Crippen LogP contribution in [0.1, 0.15) is 35.2 Å². The second-order valence-corrected chi connectivity index (χ2v) is 7.67. The quantitative estimate of drug-likeness (QED) is 0.877. The third kappa shape index (κ3) is 3.48. The van der Waals surface area contributed by atoms with Gasteiger partial charge in [-0.3, -0.25) is 14.5 Å². The van der Waals surface area contributed by atoms with Crippen molar-refractivity contribution in [2.45, 2.75) is 38.3 Å². The van der Waals surface area contributed by atoms with E-state index in [-0.39, 0.29) is 23.9 Å². The van der Waals surface area contributed by atoms with Crippen molar-refractivity contribution in [1.82, 2.24) is 15.1 Å². The highest BCUT2D eigenvalue weighted by atomic mass is 16.3. The molecule has 1 N–H and O–H groups in total. The fraction of sp³-hybridized carbons (Fsp3) is 0.476. The summed E-state index contributed by atoms with van der Waals surface area (Å²) in [6.07, 6.45) is 3.97. The van der Waals surface area contributed by atoms with Crippen LogP contribution in [0.3, 0.4) is 0 Å². The Kier molecular flexibility index (Phi) is 5.05. The smallest absolute Gasteiger partial charge is 0.255 e. The van der Waals surface area contributed by atoms with E-state index < -0.39 is 0 Å². The molecule has 0 saturated carbocycles. The van der Waals surface area contributed by atoms with Crippen molar-refractivity contribution in [2.75, 3.05) is 26.2 Å². The molecule has 7 heteroatoms. The lowest BCUT2D eigenvalue weighted by atomic mass is 10.1. The second-order valence-electron chi connectivity index (χ2n) is 7.67. The SMILES string of the molecule is Cc1cccc2c(C(=O)N[C@H]3CCN(CC(=O)N4CCC[C@H]4C#N)C3)coc12. The number of para-hydroxylation sites is 1. The number of rotatable bonds is 4. The first-order valence-corrected chi connectivity index (χ1v) is 9.76. The highest BCUT2D eigenvalue weighted by molar-refractivity contribution is 6.06. The molecule has 0 radical (unpaired) electrons. The number of nitrogens with zero attached hydrogens (tertiary/aromatic N) is 3. The maximum Gasteiger partial charge on any atom is 0.255 e. The number of carbonyl (C=O) groups is 2. The van der Waals surface area contributed by atoms with E-state index in [0.717, 1.165) is 42.3 Å². The lowest BCUT2D eigenvalue weighted by molar-refractivity contribution is -0.132. The Hall–Kier alpha value is -2.85. The minimum atomic E-state index is -0.288. The molecule has 1 aromatic carbocycles. The number of nitrogens with one attached hydrogen (secondary N) is 1. The molecule has 2 aromatic rings. The first kappa shape index (κ1) is 18.5. The van der Waals surface area contributed by atoms with Gasteiger partial charge in [-0.15, -0.1) is 0 Å². The van der Waals surface area contributed by atoms with Gasteiger partial charge in [0.05, 0.1) is 18.2 Å². The number of hydrogen-bond acceptors (Lipinski definition) is 5. The van der Waals surface area contributed by atoms with Crippen molar-refractivity contribution in [1.29, 1.82) is 5.26 Å². The van der Waals surface area contributed by atoms with E-state index >= 15 is 0 Å². The summed E-state index contributed by atoms with van der Waals surface area (Å²) >= 11 is 0. The minimum Gasteiger partial charge on any atom is -0.463 e. The number of amides is 2. The number of hydrogen-bond donors (Lipinski definition) is 1. The summed E-state index contributed by atoms with van der Waals surface area (Å²) in [5, 5.41) is 13.0. The lowest BCUT2D eigenvalue weighted by Crippen LogP contribution is -2.43. The molecule has 146 valence electrons. The summed E-state index contributed by atoms with van der Waals surface area (Å²) in [5.41, 5.74) is 2.28. The Morgan fingerprint density at radius 3 is 3.00 bits per heavy atom. The number of furan rings is 1. The highest BCUT2D eigenvalue weighted by Crippen LogP contribution is 2.24. The van der Waals surface area contributed by atoms with Gasteiger partial charge >= 0.3 is 0 Å². The maximum absolute atomic E-state index is 12.7. The Morgan fingerprint density at radius 1 is 1.32 bits per heavy atom. The fourth-order valence-corrected chi connectivity index (χ4v) is 4.22. The first-order chi connectivity index (χ1) is 13.6. The van der Waals surface area contributed by atoms with Crippen LogP contribution in [0.5, 0.6) is 0 Å². The van der Waals surface area contributed by atoms with Crippen LogP contribution in [0.4, 0.5) is 0 Å². The molecule has 7 nitrogen and oxygen atoms in total. The number of fused-ring (bicyclic) bond motifs is 1. The van der Waals surface area contributed by atoms with Crippen LogP contribution in [-0.2, 0) is 4.79 Å². The van der Waals surface area contributed by atoms with E-state index in [9.17, 15) is 9.59 Å². The van der Waals surface area contributed by atoms with Gasteiger partial charge in [-0.2, -0.15) is 5.26 Å². The van der Waals surface area contributed by atoms with Crippen LogP contribution in [-0.4, -0.2) is 59.9 Å². The zero-order valence-corrected chi connectivity index (χ0v) is 16.0. The second kappa shape index (κ2) is 7.64. The molecule has 0 bridgehead atoms. The lowest BCUT2D eigenvalue weighted by Gasteiger charge is -2.23. The number of benzene rings is 1. The van der Waals surface area contributed by atoms with E-state index in [4.69, 9.17) is 9.68 Å². The molecule has 2 saturated heterocycles. The molecular weight excluding hydrogens is 356 g/mol. The van der Waals surface area contributed by atoms with Gasteiger partial charge in [0.25, 0.3) is 5.91 Å². The van der Waals surface area contributed by atoms with Crippen molar-refractivity contribution >= 4 is 22.8 Å². The zero-order chi connectivity index (χ0) is 19.7. The van der Waals surface area contributed by atoms with Crippen molar-refractivity contribution < 1.29 is 14.0 Å². The third-order valence-corrected chi connectivity index (χ3v) is 5.73. The largest absolute Gasteiger partial charge is 0.463 e. The fourth-order valence-electron chi connectivity index (χ4n) is 4.22. The average Bonchev–Trinajstić information content (AvgIpc) is 3.41. The molecule has 2 fully saturated rings. The van der Waals surface area contributed by atoms with Crippen LogP contribution in [0.25, 0.3) is 11.0 Å². The van der Waals surface area contributed by atoms with Gasteiger partial charge in [0.2, 0.25) is 5.91 Å². The van der Waals surface area contributed by atoms with Gasteiger partial charge < -0.3 is 14.6 Å². The monoisotopic (exact) mass is 380 g/mol. The van der Waals surface area contributed by atoms with Crippen LogP contribution < -0.4 is 5.32 Å². The molecule has 3 heterocycles. The molecule has 0 unspecified atom stereocenters. The summed E-state index contributed by atoms with van der Waals surface area (Å²) in [5.74, 6) is -0.140. The summed E-state index contributed by atoms with van der Waals surface area (Å²) in [6.45, 7) is 4.32. The normalized spacial score (nSPS) is 22.5. The first-order valence-electron chi connectivity index (χ1n) is 9.76. The third-order valence-electron chi connectivity index (χ3n) is 5.73. The Balaban J connectivity index is 1.34. The van der Waals surface area contributed by atoms with Crippen LogP contribution in [0.15, 0.2) is 28.9 Å². The van der Waals surface area contributed by atoms with E-state index in [2.05, 4.69) is 16.3 Å². The maximum atomic E-state index is 12.7. The van der Waals surface area contributed by atoms with E-state index in [1.54, 1.807) is 4.90 Å². The van der Waals surface area contributed by atoms with Gasteiger partial charge in [0.15, 0.2) is 0 Å². The van der Waals surface area contributed by atoms with E-state index in [1.807, 2.05) is 25.1 Å². The Bertz CT molecular complexity index is 945. The number of likely N-dealkylation sites (tertiary alicyclic amines) is 2. The number of carbonyl (C=O) groups excluding carboxylic acids is 2. The molecular formula is C21H24N4O3. The molecule has 1 aromatic heterocycles. The molecule has 4 rings (SSSR count). The molecule has 2 atom stereocenters. The van der Waals surface area contributed by atoms with E-state index in [0.29, 0.717) is 25.2 Å². The van der Waals surface area contributed by atoms with Crippen molar-refractivity contribution in [3.63, 3.8) is 0 Å². The number of aryl methyl sites for hydroxylation is 1. The van der Waals surface area contributed by atoms with Crippen molar-refractivity contribution in [3.05, 3.63) is 35.6 Å². The summed E-state index contributed by atoms with van der Waals surface area (Å²) in [4.78, 5) is 28.9. The molecule has 2 aliphatic rings. The standard InChI is InChI=1S/C21H24N4O3/c1-14-4-2-6-17-18(13-28-20(14)17)21(27)23-15-7-9-24(11-15)12-19(26)25-8-3-5-16(25)10-22/h2,4,6,13,15-16H,3,5,7-9,11-12H2,1H3,(H,23,27)/t15-,16-/m0/s1. The summed E-state index contributed by atoms with van der Waals surface area (Å²) in [7, 11) is 0. The summed E-state index contributed by atoms with van der Waals surface area (Å²) in [6, 6.07) is 7.68. The zero-order valence-electron chi connectivity index (χ0n) is 16.0. The van der Waals surface area contributed by atoms with Crippen LogP contribution in [0.2, 0.25) is 0 Å². The van der Waals surface area contributed by atoms with Gasteiger partial charge in [0.1, 0.15) is 17.9 Å². The Morgan fingerprint density at radius 2 is 2.18 bits per heavy atom. The molecule has 0 aliphatic carbocycles. The van der Waals surface area contributed by atoms with Gasteiger partial charge in [-0.25, -0.2) is 0 Å². The number of nitriles is 1. The van der Waals surface area contributed by atoms with Crippen LogP contribution in [0, 0.1) is 18.3 Å². The minimum absolute atomic E-state index is 0.000371. The average molecular weight is 380 g/mol. The summed E-state index contributed by atoms with van der Waals surface area (Å²) < 4.78 is 5.57. The topological polar surface area (TPSA) is 89.6 Å². The van der Waals surface area contributed by atoms with Crippen molar-refractivity contribution in [2.24, 2.45) is 0 Å². The molecule has 2 aliphatic heterocycles. The molecule has 2 amide bonds. The molecule has 0 spiro atoms. The molecule has 28 heavy (non-hydrogen) atoms. The van der Waals surface area contributed by atoms with Gasteiger partial charge in [-0.05, 0) is 31.7 Å². The van der Waals surface area contributed by atoms with E-state index in [1.165, 1.54) is 6.26 Å². The van der Waals surface area contributed by atoms with Gasteiger partial charge in [-0.1, -0.05) is 18.2 Å². The van der Waals surface area contributed by atoms with Gasteiger partial charge in [0, 0.05) is 31.1 Å². The van der Waals surface area contributed by atoms with Crippen molar-refractivity contribution in [3.8, 4) is 6.07 Å². The predicted molar refractivity (Wildman–Crippen MR) is 104 cm³/mol. The predicted octanol–water partition coefficient (Wildman–Crippen LogP) is 2.06. The highest BCUT2D eigenvalue weighted by Gasteiger charge is 2.32. The van der Waals surface area contributed by atoms with Crippen LogP contribution >= 0.6 is 0 Å².